The molecule has 0 aliphatic carbocycles. The van der Waals surface area contributed by atoms with Gasteiger partial charge in [0.1, 0.15) is 11.6 Å². The molecule has 3 aromatic carbocycles. The monoisotopic (exact) mass is 604 g/mol. The second-order valence-corrected chi connectivity index (χ2v) is 11.3. The number of hydrogen-bond acceptors (Lipinski definition) is 4. The highest BCUT2D eigenvalue weighted by atomic mass is 35.5. The first-order valence-corrected chi connectivity index (χ1v) is 13.2. The topological polar surface area (TPSA) is 81.8 Å². The van der Waals surface area contributed by atoms with Gasteiger partial charge >= 0.3 is 6.18 Å². The van der Waals surface area contributed by atoms with E-state index in [4.69, 9.17) is 11.6 Å². The molecule has 1 unspecified atom stereocenters. The lowest BCUT2D eigenvalue weighted by molar-refractivity contribution is -0.142. The van der Waals surface area contributed by atoms with Crippen LogP contribution < -0.4 is 15.5 Å². The quantitative estimate of drug-likeness (QED) is 0.392. The van der Waals surface area contributed by atoms with Crippen molar-refractivity contribution in [3.05, 3.63) is 93.0 Å². The fourth-order valence-electron chi connectivity index (χ4n) is 5.88. The molecular weight excluding hydrogens is 583 g/mol. The number of hydrogen-bond donors (Lipinski definition) is 2. The van der Waals surface area contributed by atoms with Crippen molar-refractivity contribution in [2.45, 2.75) is 19.1 Å². The molecule has 0 bridgehead atoms. The molecule has 1 atom stereocenters. The lowest BCUT2D eigenvalue weighted by Gasteiger charge is -2.60. The summed E-state index contributed by atoms with van der Waals surface area (Å²) < 4.78 is 68.2. The van der Waals surface area contributed by atoms with Crippen molar-refractivity contribution >= 4 is 40.7 Å². The van der Waals surface area contributed by atoms with Gasteiger partial charge in [0.25, 0.3) is 11.8 Å². The Morgan fingerprint density at radius 1 is 1.00 bits per heavy atom. The highest BCUT2D eigenvalue weighted by Crippen LogP contribution is 2.46. The zero-order chi connectivity index (χ0) is 30.1. The molecule has 7 nitrogen and oxygen atoms in total. The second kappa shape index (κ2) is 9.69. The predicted octanol–water partition coefficient (Wildman–Crippen LogP) is 5.39. The van der Waals surface area contributed by atoms with Gasteiger partial charge in [0.2, 0.25) is 5.91 Å². The zero-order valence-corrected chi connectivity index (χ0v) is 22.7. The summed E-state index contributed by atoms with van der Waals surface area (Å²) in [4.78, 5) is 41.7. The summed E-state index contributed by atoms with van der Waals surface area (Å²) in [6.07, 6.45) is -4.89. The Labute approximate surface area is 241 Å². The first kappa shape index (κ1) is 28.0. The fourth-order valence-corrected chi connectivity index (χ4v) is 6.11. The Kier molecular flexibility index (Phi) is 6.45. The van der Waals surface area contributed by atoms with E-state index in [1.165, 1.54) is 13.0 Å². The van der Waals surface area contributed by atoms with E-state index in [1.54, 1.807) is 17.0 Å². The highest BCUT2D eigenvalue weighted by molar-refractivity contribution is 6.31. The molecule has 13 heteroatoms. The molecule has 218 valence electrons. The molecule has 3 heterocycles. The average molecular weight is 605 g/mol. The molecule has 3 aliphatic heterocycles. The molecule has 0 radical (unpaired) electrons. The summed E-state index contributed by atoms with van der Waals surface area (Å²) >= 11 is 6.33. The molecule has 3 aliphatic rings. The maximum absolute atomic E-state index is 14.2. The first-order valence-electron chi connectivity index (χ1n) is 12.9. The van der Waals surface area contributed by atoms with Crippen molar-refractivity contribution in [2.24, 2.45) is 5.41 Å². The lowest BCUT2D eigenvalue weighted by atomic mass is 9.72. The Bertz CT molecular complexity index is 1660. The van der Waals surface area contributed by atoms with Crippen molar-refractivity contribution in [1.82, 2.24) is 10.2 Å². The number of nitrogens with one attached hydrogen (secondary N) is 2. The fraction of sp³-hybridized carbons (Fsp3) is 0.276. The lowest BCUT2D eigenvalue weighted by Crippen LogP contribution is -2.72. The molecule has 3 aromatic rings. The highest BCUT2D eigenvalue weighted by Gasteiger charge is 2.53. The minimum absolute atomic E-state index is 0.0219. The molecule has 0 aromatic heterocycles. The normalized spacial score (nSPS) is 18.7. The van der Waals surface area contributed by atoms with E-state index in [2.05, 4.69) is 10.6 Å². The van der Waals surface area contributed by atoms with Crippen molar-refractivity contribution in [3.63, 3.8) is 0 Å². The Morgan fingerprint density at radius 2 is 1.71 bits per heavy atom. The van der Waals surface area contributed by atoms with E-state index in [-0.39, 0.29) is 44.8 Å². The zero-order valence-electron chi connectivity index (χ0n) is 21.9. The van der Waals surface area contributed by atoms with Crippen molar-refractivity contribution in [1.29, 1.82) is 0 Å². The smallest absolute Gasteiger partial charge is 0.370 e. The summed E-state index contributed by atoms with van der Waals surface area (Å²) in [5, 5.41) is 5.43. The third-order valence-corrected chi connectivity index (χ3v) is 8.24. The minimum Gasteiger partial charge on any atom is -0.370 e. The van der Waals surface area contributed by atoms with Crippen molar-refractivity contribution < 1.29 is 36.3 Å². The van der Waals surface area contributed by atoms with Crippen LogP contribution in [-0.2, 0) is 11.0 Å². The standard InChI is InChI=1S/C29H22ClF5N4O3/c1-14(40)38-10-28(11-38)12-39(13-28)19-8-21-24(25(37-27(21)42)20-7-17(31)2-3-22(20)30)23(9-19)36-26(41)15-4-16(29(33,34)35)6-18(32)5-15/h2-9,25H,10-13H2,1H3,(H,36,41)(H,37,42). The third kappa shape index (κ3) is 4.83. The van der Waals surface area contributed by atoms with Gasteiger partial charge in [0.05, 0.1) is 11.6 Å². The van der Waals surface area contributed by atoms with Crippen LogP contribution in [0.25, 0.3) is 0 Å². The number of carbonyl (C=O) groups excluding carboxylic acids is 3. The van der Waals surface area contributed by atoms with Crippen LogP contribution in [-0.4, -0.2) is 48.8 Å². The van der Waals surface area contributed by atoms with Crippen LogP contribution in [0.15, 0.2) is 48.5 Å². The molecule has 42 heavy (non-hydrogen) atoms. The van der Waals surface area contributed by atoms with Gasteiger partial charge in [-0.25, -0.2) is 8.78 Å². The van der Waals surface area contributed by atoms with Gasteiger partial charge in [-0.15, -0.1) is 0 Å². The molecular formula is C29H22ClF5N4O3. The molecule has 2 fully saturated rings. The van der Waals surface area contributed by atoms with Gasteiger partial charge in [-0.05, 0) is 48.5 Å². The number of amides is 3. The molecule has 3 amide bonds. The number of nitrogens with zero attached hydrogens (tertiary/aromatic N) is 2. The van der Waals surface area contributed by atoms with Crippen LogP contribution in [0.3, 0.4) is 0 Å². The van der Waals surface area contributed by atoms with Crippen LogP contribution in [0.4, 0.5) is 33.3 Å². The van der Waals surface area contributed by atoms with Crippen LogP contribution in [0.1, 0.15) is 50.4 Å². The summed E-state index contributed by atoms with van der Waals surface area (Å²) in [6, 6.07) is 7.28. The molecule has 2 N–H and O–H groups in total. The first-order chi connectivity index (χ1) is 19.7. The van der Waals surface area contributed by atoms with Gasteiger partial charge in [0, 0.05) is 77.2 Å². The number of anilines is 2. The predicted molar refractivity (Wildman–Crippen MR) is 143 cm³/mol. The molecule has 6 rings (SSSR count). The van der Waals surface area contributed by atoms with Crippen molar-refractivity contribution in [2.75, 3.05) is 36.4 Å². The van der Waals surface area contributed by atoms with Crippen molar-refractivity contribution in [3.8, 4) is 0 Å². The average Bonchev–Trinajstić information content (AvgIpc) is 3.19. The molecule has 1 spiro atoms. The number of halogens is 6. The summed E-state index contributed by atoms with van der Waals surface area (Å²) in [7, 11) is 0. The number of alkyl halides is 3. The summed E-state index contributed by atoms with van der Waals surface area (Å²) in [5.74, 6) is -3.46. The number of carbonyl (C=O) groups is 3. The van der Waals surface area contributed by atoms with Crippen LogP contribution in [0.2, 0.25) is 5.02 Å². The Morgan fingerprint density at radius 3 is 2.38 bits per heavy atom. The molecule has 0 saturated carbocycles. The van der Waals surface area contributed by atoms with Gasteiger partial charge < -0.3 is 20.4 Å². The summed E-state index contributed by atoms with van der Waals surface area (Å²) in [6.45, 7) is 3.82. The third-order valence-electron chi connectivity index (χ3n) is 7.89. The largest absolute Gasteiger partial charge is 0.416 e. The van der Waals surface area contributed by atoms with E-state index in [1.807, 2.05) is 4.90 Å². The number of likely N-dealkylation sites (tertiary alicyclic amines) is 1. The minimum atomic E-state index is -4.89. The van der Waals surface area contributed by atoms with E-state index < -0.39 is 46.8 Å². The van der Waals surface area contributed by atoms with E-state index in [0.717, 1.165) is 12.1 Å². The van der Waals surface area contributed by atoms with Gasteiger partial charge in [0.15, 0.2) is 0 Å². The maximum Gasteiger partial charge on any atom is 0.416 e. The van der Waals surface area contributed by atoms with E-state index >= 15 is 0 Å². The van der Waals surface area contributed by atoms with Crippen LogP contribution in [0.5, 0.6) is 0 Å². The van der Waals surface area contributed by atoms with Gasteiger partial charge in [-0.3, -0.25) is 14.4 Å². The van der Waals surface area contributed by atoms with E-state index in [9.17, 15) is 36.3 Å². The van der Waals surface area contributed by atoms with E-state index in [0.29, 0.717) is 44.0 Å². The number of rotatable bonds is 4. The molecule has 2 saturated heterocycles. The summed E-state index contributed by atoms with van der Waals surface area (Å²) in [5.41, 5.74) is -0.800. The van der Waals surface area contributed by atoms with Crippen LogP contribution >= 0.6 is 11.6 Å². The Balaban J connectivity index is 1.39. The number of benzene rings is 3. The Hall–Kier alpha value is -4.19. The van der Waals surface area contributed by atoms with Gasteiger partial charge in [-0.1, -0.05) is 11.6 Å². The maximum atomic E-state index is 14.2. The number of fused-ring (bicyclic) bond motifs is 1. The van der Waals surface area contributed by atoms with Gasteiger partial charge in [-0.2, -0.15) is 13.2 Å². The second-order valence-electron chi connectivity index (χ2n) is 10.9. The SMILES string of the molecule is CC(=O)N1CC2(C1)CN(c1cc(NC(=O)c3cc(F)cc(C(F)(F)F)c3)c3c(c1)C(=O)NC3c1cc(F)ccc1Cl)C2. The van der Waals surface area contributed by atoms with Crippen LogP contribution in [0, 0.1) is 17.0 Å².